The molecule has 3 aromatic rings. The third-order valence-electron chi connectivity index (χ3n) is 4.84. The first-order valence-corrected chi connectivity index (χ1v) is 13.0. The molecule has 0 amide bonds. The second kappa shape index (κ2) is 7.28. The molecule has 0 saturated carbocycles. The molecule has 0 atom stereocenters. The second-order valence-corrected chi connectivity index (χ2v) is 15.7. The summed E-state index contributed by atoms with van der Waals surface area (Å²) < 4.78 is 0. The van der Waals surface area contributed by atoms with Gasteiger partial charge in [0.1, 0.15) is 0 Å². The Morgan fingerprint density at radius 1 is 0.720 bits per heavy atom. The van der Waals surface area contributed by atoms with Crippen molar-refractivity contribution in [2.75, 3.05) is 6.16 Å². The Hall–Kier alpha value is -1.69. The van der Waals surface area contributed by atoms with E-state index in [0.717, 1.165) is 12.6 Å². The zero-order valence-electron chi connectivity index (χ0n) is 14.6. The van der Waals surface area contributed by atoms with Gasteiger partial charge in [-0.15, -0.1) is 0 Å². The van der Waals surface area contributed by atoms with Gasteiger partial charge < -0.3 is 0 Å². The van der Waals surface area contributed by atoms with Crippen molar-refractivity contribution in [2.24, 2.45) is 0 Å². The van der Waals surface area contributed by atoms with Crippen molar-refractivity contribution in [3.8, 4) is 0 Å². The van der Waals surface area contributed by atoms with Gasteiger partial charge in [-0.25, -0.2) is 0 Å². The topological polar surface area (TPSA) is 0 Å². The average molecular weight is 411 g/mol. The van der Waals surface area contributed by atoms with Crippen LogP contribution in [0.25, 0.3) is 0 Å². The Labute approximate surface area is 159 Å². The van der Waals surface area contributed by atoms with Gasteiger partial charge in [0.15, 0.2) is 0 Å². The van der Waals surface area contributed by atoms with Gasteiger partial charge >= 0.3 is 159 Å². The Bertz CT molecular complexity index is 742. The minimum atomic E-state index is -2.74. The van der Waals surface area contributed by atoms with Crippen LogP contribution in [0.2, 0.25) is 0 Å². The number of halogens is 1. The van der Waals surface area contributed by atoms with E-state index in [1.807, 2.05) is 0 Å². The van der Waals surface area contributed by atoms with Crippen molar-refractivity contribution in [1.82, 2.24) is 0 Å². The summed E-state index contributed by atoms with van der Waals surface area (Å²) >= 11 is 4.44. The molecule has 0 nitrogen and oxygen atoms in total. The van der Waals surface area contributed by atoms with E-state index in [1.54, 1.807) is 0 Å². The average Bonchev–Trinajstić information content (AvgIpc) is 2.68. The van der Waals surface area contributed by atoms with Crippen LogP contribution in [0.1, 0.15) is 13.3 Å². The van der Waals surface area contributed by atoms with Crippen LogP contribution in [0.3, 0.4) is 0 Å². The summed E-state index contributed by atoms with van der Waals surface area (Å²) in [6.45, 7) is 6.29. The van der Waals surface area contributed by atoms with Crippen molar-refractivity contribution in [3.63, 3.8) is 0 Å². The molecular formula is C23H24BrP. The van der Waals surface area contributed by atoms with E-state index >= 15 is 0 Å². The van der Waals surface area contributed by atoms with E-state index in [0.29, 0.717) is 0 Å². The van der Waals surface area contributed by atoms with E-state index in [1.165, 1.54) is 21.5 Å². The van der Waals surface area contributed by atoms with Crippen LogP contribution in [-0.4, -0.2) is 6.16 Å². The first-order chi connectivity index (χ1) is 12.1. The van der Waals surface area contributed by atoms with Gasteiger partial charge in [-0.1, -0.05) is 0 Å². The van der Waals surface area contributed by atoms with E-state index in [-0.39, 0.29) is 0 Å². The standard InChI is InChI=1S/C23H24BrP/c1-20(2)18-19-25(24,21-12-6-3-7-13-21,22-14-8-4-9-15-22)23-16-10-5-11-17-23/h3-17H,1,18-19H2,2H3. The number of hydrogen-bond donors (Lipinski definition) is 0. The van der Waals surface area contributed by atoms with Crippen LogP contribution in [0.15, 0.2) is 103 Å². The number of hydrogen-bond acceptors (Lipinski definition) is 0. The maximum absolute atomic E-state index is 4.44. The molecule has 3 aromatic carbocycles. The first-order valence-electron chi connectivity index (χ1n) is 8.60. The van der Waals surface area contributed by atoms with Gasteiger partial charge in [-0.2, -0.15) is 0 Å². The Morgan fingerprint density at radius 2 is 1.04 bits per heavy atom. The first kappa shape index (κ1) is 18.1. The van der Waals surface area contributed by atoms with Crippen molar-refractivity contribution >= 4 is 36.7 Å². The molecule has 0 spiro atoms. The summed E-state index contributed by atoms with van der Waals surface area (Å²) in [6.07, 6.45) is 2.01. The monoisotopic (exact) mass is 410 g/mol. The molecule has 0 aliphatic rings. The molecule has 3 rings (SSSR count). The molecule has 25 heavy (non-hydrogen) atoms. The molecule has 0 N–H and O–H groups in total. The van der Waals surface area contributed by atoms with Gasteiger partial charge in [-0.05, 0) is 0 Å². The van der Waals surface area contributed by atoms with E-state index in [2.05, 4.69) is 120 Å². The van der Waals surface area contributed by atoms with Crippen molar-refractivity contribution in [1.29, 1.82) is 0 Å². The van der Waals surface area contributed by atoms with Crippen LogP contribution in [0.5, 0.6) is 0 Å². The molecule has 0 radical (unpaired) electrons. The minimum absolute atomic E-state index is 0.988. The number of allylic oxidation sites excluding steroid dienone is 1. The molecule has 0 unspecified atom stereocenters. The summed E-state index contributed by atoms with van der Waals surface area (Å²) in [7, 11) is 0. The Balaban J connectivity index is 2.38. The predicted molar refractivity (Wildman–Crippen MR) is 118 cm³/mol. The molecule has 0 aliphatic heterocycles. The summed E-state index contributed by atoms with van der Waals surface area (Å²) in [5.74, 6) is 0. The predicted octanol–water partition coefficient (Wildman–Crippen LogP) is 5.79. The maximum atomic E-state index is 4.44. The number of benzene rings is 3. The second-order valence-electron chi connectivity index (χ2n) is 6.62. The van der Waals surface area contributed by atoms with Crippen LogP contribution in [0.4, 0.5) is 0 Å². The van der Waals surface area contributed by atoms with Crippen molar-refractivity contribution in [2.45, 2.75) is 13.3 Å². The summed E-state index contributed by atoms with van der Waals surface area (Å²) in [5, 5.41) is 1.36. The van der Waals surface area contributed by atoms with Gasteiger partial charge in [0.05, 0.1) is 0 Å². The molecule has 2 heteroatoms. The molecule has 0 aliphatic carbocycles. The zero-order chi connectivity index (χ0) is 17.8. The molecule has 0 saturated heterocycles. The fraction of sp³-hybridized carbons (Fsp3) is 0.130. The molecule has 0 bridgehead atoms. The number of rotatable bonds is 6. The molecule has 0 fully saturated rings. The van der Waals surface area contributed by atoms with E-state index < -0.39 is 5.31 Å². The summed E-state index contributed by atoms with van der Waals surface area (Å²) in [5.41, 5.74) is 1.22. The molecule has 0 heterocycles. The summed E-state index contributed by atoms with van der Waals surface area (Å²) in [6, 6.07) is 32.7. The van der Waals surface area contributed by atoms with Crippen LogP contribution < -0.4 is 15.9 Å². The van der Waals surface area contributed by atoms with Crippen molar-refractivity contribution in [3.05, 3.63) is 103 Å². The van der Waals surface area contributed by atoms with Gasteiger partial charge in [0, 0.05) is 0 Å². The van der Waals surface area contributed by atoms with Gasteiger partial charge in [0.2, 0.25) is 0 Å². The normalized spacial score (nSPS) is 13.0. The van der Waals surface area contributed by atoms with Crippen LogP contribution in [0, 0.1) is 0 Å². The van der Waals surface area contributed by atoms with E-state index in [4.69, 9.17) is 0 Å². The SMILES string of the molecule is C=C(C)CCP(Br)(c1ccccc1)(c1ccccc1)c1ccccc1. The van der Waals surface area contributed by atoms with Crippen LogP contribution >= 0.6 is 20.8 Å². The fourth-order valence-electron chi connectivity index (χ4n) is 3.45. The summed E-state index contributed by atoms with van der Waals surface area (Å²) in [4.78, 5) is 0. The Morgan fingerprint density at radius 3 is 1.32 bits per heavy atom. The van der Waals surface area contributed by atoms with Crippen LogP contribution in [-0.2, 0) is 0 Å². The zero-order valence-corrected chi connectivity index (χ0v) is 17.1. The quantitative estimate of drug-likeness (QED) is 0.356. The fourth-order valence-corrected chi connectivity index (χ4v) is 11.0. The molecule has 128 valence electrons. The van der Waals surface area contributed by atoms with Gasteiger partial charge in [0.25, 0.3) is 0 Å². The third-order valence-corrected chi connectivity index (χ3v) is 14.8. The van der Waals surface area contributed by atoms with E-state index in [9.17, 15) is 0 Å². The Kier molecular flexibility index (Phi) is 5.27. The molecular weight excluding hydrogens is 387 g/mol. The third kappa shape index (κ3) is 3.24. The van der Waals surface area contributed by atoms with Crippen molar-refractivity contribution < 1.29 is 0 Å². The molecule has 0 aromatic heterocycles. The van der Waals surface area contributed by atoms with Gasteiger partial charge in [-0.3, -0.25) is 0 Å².